The summed E-state index contributed by atoms with van der Waals surface area (Å²) in [5.41, 5.74) is 7.08. The summed E-state index contributed by atoms with van der Waals surface area (Å²) in [5, 5.41) is 3.85. The van der Waals surface area contributed by atoms with Crippen LogP contribution in [0, 0.1) is 5.92 Å². The van der Waals surface area contributed by atoms with Crippen molar-refractivity contribution < 1.29 is 4.79 Å². The first-order valence-electron chi connectivity index (χ1n) is 7.73. The molecule has 0 bridgehead atoms. The molecule has 0 aliphatic heterocycles. The maximum atomic E-state index is 12.3. The number of nitrogens with two attached hydrogens (primary N) is 1. The highest BCUT2D eigenvalue weighted by Gasteiger charge is 2.32. The highest BCUT2D eigenvalue weighted by Crippen LogP contribution is 2.30. The van der Waals surface area contributed by atoms with Crippen molar-refractivity contribution in [2.75, 3.05) is 0 Å². The SMILES string of the molecule is CC(C)C(NC(=O)CC1(N)CCCC1)c1ccc(Cl)cc1. The number of benzene rings is 1. The zero-order chi connectivity index (χ0) is 15.5. The Balaban J connectivity index is 2.02. The molecule has 1 amide bonds. The van der Waals surface area contributed by atoms with Gasteiger partial charge in [-0.2, -0.15) is 0 Å². The molecule has 1 aliphatic rings. The number of rotatable bonds is 5. The van der Waals surface area contributed by atoms with E-state index >= 15 is 0 Å². The second-order valence-corrected chi connectivity index (χ2v) is 7.02. The van der Waals surface area contributed by atoms with Crippen LogP contribution >= 0.6 is 11.6 Å². The summed E-state index contributed by atoms with van der Waals surface area (Å²) in [6.07, 6.45) is 4.59. The molecule has 1 aliphatic carbocycles. The summed E-state index contributed by atoms with van der Waals surface area (Å²) in [5.74, 6) is 0.362. The van der Waals surface area contributed by atoms with E-state index < -0.39 is 0 Å². The molecule has 1 atom stereocenters. The minimum atomic E-state index is -0.300. The van der Waals surface area contributed by atoms with E-state index in [0.717, 1.165) is 31.2 Å². The van der Waals surface area contributed by atoms with Crippen LogP contribution in [0.2, 0.25) is 5.02 Å². The Morgan fingerprint density at radius 2 is 1.86 bits per heavy atom. The van der Waals surface area contributed by atoms with Gasteiger partial charge >= 0.3 is 0 Å². The van der Waals surface area contributed by atoms with Gasteiger partial charge in [0, 0.05) is 17.0 Å². The summed E-state index contributed by atoms with van der Waals surface area (Å²) >= 11 is 5.93. The molecule has 1 fully saturated rings. The molecular formula is C17H25ClN2O. The van der Waals surface area contributed by atoms with Gasteiger partial charge in [0.15, 0.2) is 0 Å². The van der Waals surface area contributed by atoms with Crippen molar-refractivity contribution in [3.05, 3.63) is 34.9 Å². The number of hydrogen-bond acceptors (Lipinski definition) is 2. The number of carbonyl (C=O) groups excluding carboxylic acids is 1. The molecule has 1 aromatic carbocycles. The van der Waals surface area contributed by atoms with Gasteiger partial charge in [-0.05, 0) is 36.5 Å². The highest BCUT2D eigenvalue weighted by atomic mass is 35.5. The van der Waals surface area contributed by atoms with Crippen molar-refractivity contribution in [2.24, 2.45) is 11.7 Å². The van der Waals surface area contributed by atoms with Crippen LogP contribution in [0.1, 0.15) is 57.6 Å². The molecule has 116 valence electrons. The minimum Gasteiger partial charge on any atom is -0.349 e. The second-order valence-electron chi connectivity index (χ2n) is 6.59. The molecule has 0 spiro atoms. The lowest BCUT2D eigenvalue weighted by atomic mass is 9.92. The summed E-state index contributed by atoms with van der Waals surface area (Å²) in [4.78, 5) is 12.3. The fourth-order valence-corrected chi connectivity index (χ4v) is 3.23. The summed E-state index contributed by atoms with van der Waals surface area (Å²) in [6, 6.07) is 7.67. The molecule has 0 radical (unpaired) electrons. The van der Waals surface area contributed by atoms with E-state index in [2.05, 4.69) is 19.2 Å². The van der Waals surface area contributed by atoms with Crippen LogP contribution in [-0.2, 0) is 4.79 Å². The molecule has 3 N–H and O–H groups in total. The minimum absolute atomic E-state index is 0.000213. The fraction of sp³-hybridized carbons (Fsp3) is 0.588. The van der Waals surface area contributed by atoms with E-state index in [4.69, 9.17) is 17.3 Å². The van der Waals surface area contributed by atoms with Gasteiger partial charge in [0.2, 0.25) is 5.91 Å². The lowest BCUT2D eigenvalue weighted by molar-refractivity contribution is -0.123. The molecule has 1 saturated carbocycles. The molecule has 3 nitrogen and oxygen atoms in total. The summed E-state index contributed by atoms with van der Waals surface area (Å²) < 4.78 is 0. The topological polar surface area (TPSA) is 55.1 Å². The first kappa shape index (κ1) is 16.3. The molecule has 0 heterocycles. The Morgan fingerprint density at radius 1 is 1.29 bits per heavy atom. The predicted molar refractivity (Wildman–Crippen MR) is 87.2 cm³/mol. The quantitative estimate of drug-likeness (QED) is 0.869. The lowest BCUT2D eigenvalue weighted by Gasteiger charge is -2.27. The van der Waals surface area contributed by atoms with Crippen molar-refractivity contribution >= 4 is 17.5 Å². The van der Waals surface area contributed by atoms with Crippen LogP contribution < -0.4 is 11.1 Å². The van der Waals surface area contributed by atoms with Gasteiger partial charge in [-0.25, -0.2) is 0 Å². The Labute approximate surface area is 132 Å². The zero-order valence-electron chi connectivity index (χ0n) is 12.9. The fourth-order valence-electron chi connectivity index (χ4n) is 3.11. The van der Waals surface area contributed by atoms with E-state index in [-0.39, 0.29) is 17.5 Å². The van der Waals surface area contributed by atoms with Crippen molar-refractivity contribution in [3.63, 3.8) is 0 Å². The monoisotopic (exact) mass is 308 g/mol. The Hall–Kier alpha value is -1.06. The average Bonchev–Trinajstić information content (AvgIpc) is 2.83. The molecule has 1 aromatic rings. The van der Waals surface area contributed by atoms with Gasteiger partial charge in [0.1, 0.15) is 0 Å². The number of hydrogen-bond donors (Lipinski definition) is 2. The number of amides is 1. The molecule has 1 unspecified atom stereocenters. The van der Waals surface area contributed by atoms with Crippen molar-refractivity contribution in [1.29, 1.82) is 0 Å². The van der Waals surface area contributed by atoms with Crippen LogP contribution in [0.4, 0.5) is 0 Å². The van der Waals surface area contributed by atoms with Crippen LogP contribution in [0.15, 0.2) is 24.3 Å². The van der Waals surface area contributed by atoms with Crippen LogP contribution in [0.5, 0.6) is 0 Å². The summed E-state index contributed by atoms with van der Waals surface area (Å²) in [6.45, 7) is 4.21. The molecular weight excluding hydrogens is 284 g/mol. The first-order chi connectivity index (χ1) is 9.89. The van der Waals surface area contributed by atoms with Gasteiger partial charge in [-0.15, -0.1) is 0 Å². The number of halogens is 1. The van der Waals surface area contributed by atoms with Gasteiger partial charge in [0.05, 0.1) is 6.04 Å². The van der Waals surface area contributed by atoms with Crippen LogP contribution in [0.25, 0.3) is 0 Å². The van der Waals surface area contributed by atoms with Gasteiger partial charge < -0.3 is 11.1 Å². The van der Waals surface area contributed by atoms with E-state index in [0.29, 0.717) is 17.4 Å². The van der Waals surface area contributed by atoms with Crippen molar-refractivity contribution in [3.8, 4) is 0 Å². The van der Waals surface area contributed by atoms with E-state index in [1.54, 1.807) is 0 Å². The Bertz CT molecular complexity index is 478. The van der Waals surface area contributed by atoms with E-state index in [9.17, 15) is 4.79 Å². The number of nitrogens with one attached hydrogen (secondary N) is 1. The first-order valence-corrected chi connectivity index (χ1v) is 8.11. The van der Waals surface area contributed by atoms with Gasteiger partial charge in [-0.3, -0.25) is 4.79 Å². The zero-order valence-corrected chi connectivity index (χ0v) is 13.6. The average molecular weight is 309 g/mol. The molecule has 0 aromatic heterocycles. The number of carbonyl (C=O) groups is 1. The molecule has 0 saturated heterocycles. The third-order valence-electron chi connectivity index (χ3n) is 4.32. The lowest BCUT2D eigenvalue weighted by Crippen LogP contribution is -2.43. The van der Waals surface area contributed by atoms with Gasteiger partial charge in [-0.1, -0.05) is 50.4 Å². The largest absolute Gasteiger partial charge is 0.349 e. The van der Waals surface area contributed by atoms with Crippen LogP contribution in [-0.4, -0.2) is 11.4 Å². The van der Waals surface area contributed by atoms with Crippen molar-refractivity contribution in [2.45, 2.75) is 57.5 Å². The predicted octanol–water partition coefficient (Wildman–Crippen LogP) is 3.81. The van der Waals surface area contributed by atoms with Crippen molar-refractivity contribution in [1.82, 2.24) is 5.32 Å². The van der Waals surface area contributed by atoms with E-state index in [1.807, 2.05) is 24.3 Å². The Morgan fingerprint density at radius 3 is 2.38 bits per heavy atom. The molecule has 4 heteroatoms. The van der Waals surface area contributed by atoms with E-state index in [1.165, 1.54) is 0 Å². The summed E-state index contributed by atoms with van der Waals surface area (Å²) in [7, 11) is 0. The molecule has 21 heavy (non-hydrogen) atoms. The van der Waals surface area contributed by atoms with Gasteiger partial charge in [0.25, 0.3) is 0 Å². The maximum absolute atomic E-state index is 12.3. The Kier molecular flexibility index (Phi) is 5.28. The molecule has 2 rings (SSSR count). The third-order valence-corrected chi connectivity index (χ3v) is 4.58. The highest BCUT2D eigenvalue weighted by molar-refractivity contribution is 6.30. The normalized spacial score (nSPS) is 18.7. The smallest absolute Gasteiger partial charge is 0.222 e. The van der Waals surface area contributed by atoms with Crippen LogP contribution in [0.3, 0.4) is 0 Å². The second kappa shape index (κ2) is 6.80. The standard InChI is InChI=1S/C17H25ClN2O/c1-12(2)16(13-5-7-14(18)8-6-13)20-15(21)11-17(19)9-3-4-10-17/h5-8,12,16H,3-4,9-11,19H2,1-2H3,(H,20,21). The third kappa shape index (κ3) is 4.45. The maximum Gasteiger partial charge on any atom is 0.222 e.